The second kappa shape index (κ2) is 4.92. The largest absolute Gasteiger partial charge is 0.494 e. The molecule has 0 N–H and O–H groups in total. The highest BCUT2D eigenvalue weighted by molar-refractivity contribution is 5.83. The van der Waals surface area contributed by atoms with Gasteiger partial charge < -0.3 is 9.26 Å². The third-order valence-electron chi connectivity index (χ3n) is 3.50. The summed E-state index contributed by atoms with van der Waals surface area (Å²) < 4.78 is 10.8. The summed E-state index contributed by atoms with van der Waals surface area (Å²) in [5.41, 5.74) is 4.78. The first-order chi connectivity index (χ1) is 9.28. The van der Waals surface area contributed by atoms with Crippen LogP contribution < -0.4 is 4.74 Å². The molecule has 1 aliphatic carbocycles. The Morgan fingerprint density at radius 3 is 2.74 bits per heavy atom. The van der Waals surface area contributed by atoms with Crippen LogP contribution in [0.1, 0.15) is 35.9 Å². The first kappa shape index (κ1) is 12.0. The lowest BCUT2D eigenvalue weighted by atomic mass is 9.92. The lowest BCUT2D eigenvalue weighted by Crippen LogP contribution is -1.98. The van der Waals surface area contributed by atoms with Gasteiger partial charge in [0, 0.05) is 5.56 Å². The van der Waals surface area contributed by atoms with Crippen molar-refractivity contribution in [2.45, 2.75) is 26.7 Å². The van der Waals surface area contributed by atoms with E-state index < -0.39 is 0 Å². The van der Waals surface area contributed by atoms with Gasteiger partial charge in [0.25, 0.3) is 0 Å². The Balaban J connectivity index is 1.89. The van der Waals surface area contributed by atoms with Crippen molar-refractivity contribution in [1.29, 1.82) is 0 Å². The molecule has 2 aromatic rings. The maximum Gasteiger partial charge on any atom is 0.163 e. The SMILES string of the molecule is CCOc1ccc(C2=Cc3onc(C)c3CC2)cc1. The smallest absolute Gasteiger partial charge is 0.163 e. The second-order valence-corrected chi connectivity index (χ2v) is 4.74. The fraction of sp³-hybridized carbons (Fsp3) is 0.312. The molecule has 0 bridgehead atoms. The normalized spacial score (nSPS) is 13.9. The third-order valence-corrected chi connectivity index (χ3v) is 3.50. The average Bonchev–Trinajstić information content (AvgIpc) is 2.81. The van der Waals surface area contributed by atoms with Gasteiger partial charge in [-0.3, -0.25) is 0 Å². The molecule has 0 spiro atoms. The Labute approximate surface area is 112 Å². The van der Waals surface area contributed by atoms with Crippen LogP contribution in [0, 0.1) is 6.92 Å². The molecule has 0 saturated heterocycles. The minimum Gasteiger partial charge on any atom is -0.494 e. The van der Waals surface area contributed by atoms with Crippen molar-refractivity contribution in [3.8, 4) is 5.75 Å². The van der Waals surface area contributed by atoms with E-state index in [1.165, 1.54) is 16.7 Å². The topological polar surface area (TPSA) is 35.3 Å². The van der Waals surface area contributed by atoms with E-state index >= 15 is 0 Å². The molecule has 1 aromatic carbocycles. The molecule has 0 fully saturated rings. The van der Waals surface area contributed by atoms with E-state index in [2.05, 4.69) is 23.4 Å². The average molecular weight is 255 g/mol. The van der Waals surface area contributed by atoms with E-state index in [1.54, 1.807) is 0 Å². The number of ether oxygens (including phenoxy) is 1. The third kappa shape index (κ3) is 2.28. The zero-order valence-electron chi connectivity index (χ0n) is 11.3. The molecule has 1 aliphatic rings. The maximum absolute atomic E-state index is 5.46. The van der Waals surface area contributed by atoms with Crippen LogP contribution in [0.2, 0.25) is 0 Å². The second-order valence-electron chi connectivity index (χ2n) is 4.74. The zero-order valence-corrected chi connectivity index (χ0v) is 11.3. The summed E-state index contributed by atoms with van der Waals surface area (Å²) in [4.78, 5) is 0. The highest BCUT2D eigenvalue weighted by Gasteiger charge is 2.18. The lowest BCUT2D eigenvalue weighted by Gasteiger charge is -2.13. The quantitative estimate of drug-likeness (QED) is 0.835. The molecule has 19 heavy (non-hydrogen) atoms. The van der Waals surface area contributed by atoms with Gasteiger partial charge in [0.05, 0.1) is 12.3 Å². The van der Waals surface area contributed by atoms with Crippen molar-refractivity contribution in [3.63, 3.8) is 0 Å². The summed E-state index contributed by atoms with van der Waals surface area (Å²) in [5, 5.41) is 4.03. The van der Waals surface area contributed by atoms with Crippen LogP contribution >= 0.6 is 0 Å². The molecule has 98 valence electrons. The standard InChI is InChI=1S/C16H17NO2/c1-3-18-14-7-4-12(5-8-14)13-6-9-15-11(2)17-19-16(15)10-13/h4-5,7-8,10H,3,6,9H2,1-2H3. The zero-order chi connectivity index (χ0) is 13.2. The van der Waals surface area contributed by atoms with Gasteiger partial charge in [0.1, 0.15) is 5.75 Å². The number of rotatable bonds is 3. The predicted octanol–water partition coefficient (Wildman–Crippen LogP) is 3.87. The van der Waals surface area contributed by atoms with Crippen LogP contribution in [-0.2, 0) is 6.42 Å². The van der Waals surface area contributed by atoms with Crippen molar-refractivity contribution >= 4 is 11.6 Å². The van der Waals surface area contributed by atoms with Gasteiger partial charge in [0.15, 0.2) is 5.76 Å². The van der Waals surface area contributed by atoms with Gasteiger partial charge in [-0.2, -0.15) is 0 Å². The van der Waals surface area contributed by atoms with Gasteiger partial charge in [-0.1, -0.05) is 17.3 Å². The maximum atomic E-state index is 5.46. The number of benzene rings is 1. The van der Waals surface area contributed by atoms with E-state index in [0.29, 0.717) is 6.61 Å². The molecule has 3 nitrogen and oxygen atoms in total. The van der Waals surface area contributed by atoms with E-state index in [1.807, 2.05) is 26.0 Å². The van der Waals surface area contributed by atoms with Crippen LogP contribution in [0.25, 0.3) is 11.6 Å². The molecule has 0 amide bonds. The molecule has 3 rings (SSSR count). The Kier molecular flexibility index (Phi) is 3.11. The summed E-state index contributed by atoms with van der Waals surface area (Å²) >= 11 is 0. The minimum absolute atomic E-state index is 0.697. The van der Waals surface area contributed by atoms with Crippen molar-refractivity contribution < 1.29 is 9.26 Å². The highest BCUT2D eigenvalue weighted by Crippen LogP contribution is 2.32. The molecule has 0 saturated carbocycles. The summed E-state index contributed by atoms with van der Waals surface area (Å²) in [7, 11) is 0. The van der Waals surface area contributed by atoms with E-state index in [4.69, 9.17) is 9.26 Å². The monoisotopic (exact) mass is 255 g/mol. The molecule has 1 aromatic heterocycles. The number of allylic oxidation sites excluding steroid dienone is 1. The summed E-state index contributed by atoms with van der Waals surface area (Å²) in [6.45, 7) is 4.69. The Morgan fingerprint density at radius 1 is 1.21 bits per heavy atom. The van der Waals surface area contributed by atoms with Crippen LogP contribution in [0.3, 0.4) is 0 Å². The van der Waals surface area contributed by atoms with Crippen molar-refractivity contribution in [2.24, 2.45) is 0 Å². The van der Waals surface area contributed by atoms with Gasteiger partial charge in [-0.15, -0.1) is 0 Å². The number of aryl methyl sites for hydroxylation is 1. The summed E-state index contributed by atoms with van der Waals surface area (Å²) in [6, 6.07) is 8.23. The Morgan fingerprint density at radius 2 is 2.00 bits per heavy atom. The van der Waals surface area contributed by atoms with E-state index in [-0.39, 0.29) is 0 Å². The van der Waals surface area contributed by atoms with Crippen LogP contribution in [0.4, 0.5) is 0 Å². The van der Waals surface area contributed by atoms with Crippen molar-refractivity contribution in [1.82, 2.24) is 5.16 Å². The molecule has 1 heterocycles. The number of fused-ring (bicyclic) bond motifs is 1. The number of aromatic nitrogens is 1. The molecule has 3 heteroatoms. The van der Waals surface area contributed by atoms with Gasteiger partial charge in [-0.05, 0) is 56.0 Å². The van der Waals surface area contributed by atoms with Gasteiger partial charge in [0.2, 0.25) is 0 Å². The predicted molar refractivity (Wildman–Crippen MR) is 75.0 cm³/mol. The Hall–Kier alpha value is -2.03. The number of hydrogen-bond acceptors (Lipinski definition) is 3. The molecule has 0 atom stereocenters. The van der Waals surface area contributed by atoms with Crippen LogP contribution in [-0.4, -0.2) is 11.8 Å². The molecule has 0 radical (unpaired) electrons. The van der Waals surface area contributed by atoms with Crippen LogP contribution in [0.15, 0.2) is 28.8 Å². The molecule has 0 aliphatic heterocycles. The fourth-order valence-electron chi connectivity index (χ4n) is 2.47. The minimum atomic E-state index is 0.697. The van der Waals surface area contributed by atoms with Gasteiger partial charge >= 0.3 is 0 Å². The van der Waals surface area contributed by atoms with Crippen molar-refractivity contribution in [2.75, 3.05) is 6.61 Å². The Bertz CT molecular complexity index is 608. The van der Waals surface area contributed by atoms with E-state index in [0.717, 1.165) is 30.0 Å². The summed E-state index contributed by atoms with van der Waals surface area (Å²) in [6.07, 6.45) is 4.14. The molecular formula is C16H17NO2. The van der Waals surface area contributed by atoms with Crippen LogP contribution in [0.5, 0.6) is 5.75 Å². The highest BCUT2D eigenvalue weighted by atomic mass is 16.5. The summed E-state index contributed by atoms with van der Waals surface area (Å²) in [5.74, 6) is 1.83. The van der Waals surface area contributed by atoms with Crippen molar-refractivity contribution in [3.05, 3.63) is 46.8 Å². The van der Waals surface area contributed by atoms with E-state index in [9.17, 15) is 0 Å². The number of nitrogens with zero attached hydrogens (tertiary/aromatic N) is 1. The first-order valence-electron chi connectivity index (χ1n) is 6.67. The lowest BCUT2D eigenvalue weighted by molar-refractivity contribution is 0.340. The molecule has 0 unspecified atom stereocenters. The fourth-order valence-corrected chi connectivity index (χ4v) is 2.47. The first-order valence-corrected chi connectivity index (χ1v) is 6.67. The number of hydrogen-bond donors (Lipinski definition) is 0. The van der Waals surface area contributed by atoms with Gasteiger partial charge in [-0.25, -0.2) is 0 Å². The molecular weight excluding hydrogens is 238 g/mol.